The number of ether oxygens (including phenoxy) is 1. The van der Waals surface area contributed by atoms with Crippen molar-refractivity contribution in [1.82, 2.24) is 10.3 Å². The van der Waals surface area contributed by atoms with Gasteiger partial charge in [0.05, 0.1) is 24.0 Å². The summed E-state index contributed by atoms with van der Waals surface area (Å²) < 4.78 is 40.3. The van der Waals surface area contributed by atoms with E-state index in [0.717, 1.165) is 29.3 Å². The van der Waals surface area contributed by atoms with Crippen molar-refractivity contribution < 1.29 is 23.0 Å². The minimum Gasteiger partial charge on any atom is -0.494 e. The summed E-state index contributed by atoms with van der Waals surface area (Å²) in [6.07, 6.45) is 2.85. The molecule has 9 heteroatoms. The number of nitrogens with one attached hydrogen (secondary N) is 3. The topological polar surface area (TPSA) is 109 Å². The molecule has 3 N–H and O–H groups in total. The number of anilines is 3. The van der Waals surface area contributed by atoms with Crippen LogP contribution < -0.4 is 26.0 Å². The van der Waals surface area contributed by atoms with Gasteiger partial charge in [0, 0.05) is 40.1 Å². The first-order valence-electron chi connectivity index (χ1n) is 12.6. The first-order valence-corrected chi connectivity index (χ1v) is 13.7. The largest absolute Gasteiger partial charge is 0.494 e. The third kappa shape index (κ3) is 5.54. The summed E-state index contributed by atoms with van der Waals surface area (Å²) >= 11 is 0. The Morgan fingerprint density at radius 2 is 1.86 bits per heavy atom. The van der Waals surface area contributed by atoms with Gasteiger partial charge in [-0.25, -0.2) is 4.98 Å². The van der Waals surface area contributed by atoms with Gasteiger partial charge in [-0.3, -0.25) is 9.59 Å². The number of methoxy groups -OCH3 is 1. The van der Waals surface area contributed by atoms with Gasteiger partial charge in [0.1, 0.15) is 18.7 Å². The molecule has 1 heterocycles. The Morgan fingerprint density at radius 3 is 2.49 bits per heavy atom. The van der Waals surface area contributed by atoms with Crippen LogP contribution >= 0.6 is 7.14 Å². The molecule has 0 unspecified atom stereocenters. The van der Waals surface area contributed by atoms with E-state index in [0.29, 0.717) is 11.4 Å². The zero-order valence-electron chi connectivity index (χ0n) is 22.7. The molecule has 1 fully saturated rings. The molecule has 2 aromatic carbocycles. The highest BCUT2D eigenvalue weighted by Crippen LogP contribution is 2.40. The SMILES string of the molecule is [2H]C([2H])([2H])NC(=O)c1cnc(NC(=O)C2CC2)cc1Nc1cccc(-c2ccc(P(C)(C)=O)cc2)c1OC. The fourth-order valence-electron chi connectivity index (χ4n) is 3.68. The third-order valence-electron chi connectivity index (χ3n) is 5.75. The molecule has 1 aliphatic carbocycles. The van der Waals surface area contributed by atoms with Crippen molar-refractivity contribution in [1.29, 1.82) is 0 Å². The van der Waals surface area contributed by atoms with Gasteiger partial charge >= 0.3 is 0 Å². The van der Waals surface area contributed by atoms with Crippen molar-refractivity contribution in [3.8, 4) is 16.9 Å². The maximum atomic E-state index is 12.8. The third-order valence-corrected chi connectivity index (χ3v) is 7.29. The molecule has 1 aromatic heterocycles. The molecule has 4 rings (SSSR count). The lowest BCUT2D eigenvalue weighted by atomic mass is 10.0. The number of carbonyl (C=O) groups is 2. The van der Waals surface area contributed by atoms with Crippen LogP contribution in [-0.2, 0) is 9.36 Å². The Morgan fingerprint density at radius 1 is 1.11 bits per heavy atom. The Balaban J connectivity index is 1.72. The van der Waals surface area contributed by atoms with Gasteiger partial charge in [0.25, 0.3) is 5.91 Å². The van der Waals surface area contributed by atoms with Crippen molar-refractivity contribution in [2.24, 2.45) is 5.92 Å². The van der Waals surface area contributed by atoms with Gasteiger partial charge in [0.15, 0.2) is 0 Å². The lowest BCUT2D eigenvalue weighted by Crippen LogP contribution is -2.20. The molecule has 0 radical (unpaired) electrons. The van der Waals surface area contributed by atoms with Crippen LogP contribution in [0.25, 0.3) is 11.1 Å². The Kier molecular flexibility index (Phi) is 5.87. The smallest absolute Gasteiger partial charge is 0.254 e. The average Bonchev–Trinajstić information content (AvgIpc) is 3.68. The van der Waals surface area contributed by atoms with E-state index in [1.807, 2.05) is 35.6 Å². The molecular weight excluding hydrogens is 463 g/mol. The fourth-order valence-corrected chi connectivity index (χ4v) is 4.54. The minimum atomic E-state index is -2.70. The van der Waals surface area contributed by atoms with Gasteiger partial charge in [-0.15, -0.1) is 0 Å². The maximum Gasteiger partial charge on any atom is 0.254 e. The summed E-state index contributed by atoms with van der Waals surface area (Å²) in [4.78, 5) is 29.2. The summed E-state index contributed by atoms with van der Waals surface area (Å²) in [5.74, 6) is -0.364. The molecule has 0 saturated heterocycles. The van der Waals surface area contributed by atoms with E-state index in [9.17, 15) is 14.2 Å². The lowest BCUT2D eigenvalue weighted by Gasteiger charge is -2.18. The van der Waals surface area contributed by atoms with Crippen molar-refractivity contribution in [2.75, 3.05) is 38.0 Å². The number of para-hydroxylation sites is 1. The first kappa shape index (κ1) is 20.7. The lowest BCUT2D eigenvalue weighted by molar-refractivity contribution is -0.117. The Bertz CT molecular complexity index is 1420. The molecular formula is C26H29N4O4P. The fraction of sp³-hybridized carbons (Fsp3) is 0.269. The van der Waals surface area contributed by atoms with E-state index in [-0.39, 0.29) is 28.9 Å². The van der Waals surface area contributed by atoms with E-state index in [1.54, 1.807) is 25.5 Å². The Hall–Kier alpha value is -3.64. The van der Waals surface area contributed by atoms with Crippen molar-refractivity contribution in [3.05, 3.63) is 60.3 Å². The highest BCUT2D eigenvalue weighted by molar-refractivity contribution is 7.70. The normalized spacial score (nSPS) is 14.8. The summed E-state index contributed by atoms with van der Waals surface area (Å²) in [5, 5.41) is 8.63. The Labute approximate surface area is 209 Å². The quantitative estimate of drug-likeness (QED) is 0.398. The van der Waals surface area contributed by atoms with Gasteiger partial charge in [-0.05, 0) is 37.8 Å². The van der Waals surface area contributed by atoms with Crippen LogP contribution in [0.5, 0.6) is 5.75 Å². The van der Waals surface area contributed by atoms with Crippen LogP contribution in [0.4, 0.5) is 17.2 Å². The predicted molar refractivity (Wildman–Crippen MR) is 140 cm³/mol. The summed E-state index contributed by atoms with van der Waals surface area (Å²) in [7, 11) is -0.894. The maximum absolute atomic E-state index is 12.8. The van der Waals surface area contributed by atoms with Crippen LogP contribution in [0, 0.1) is 5.92 Å². The van der Waals surface area contributed by atoms with E-state index in [1.165, 1.54) is 19.4 Å². The van der Waals surface area contributed by atoms with E-state index in [4.69, 9.17) is 8.85 Å². The van der Waals surface area contributed by atoms with Crippen LogP contribution in [-0.4, -0.2) is 44.2 Å². The average molecular weight is 496 g/mol. The molecule has 1 saturated carbocycles. The van der Waals surface area contributed by atoms with Crippen LogP contribution in [0.1, 0.15) is 27.3 Å². The zero-order chi connectivity index (χ0) is 27.7. The van der Waals surface area contributed by atoms with Crippen molar-refractivity contribution >= 4 is 41.5 Å². The second-order valence-electron chi connectivity index (χ2n) is 8.74. The molecule has 0 spiro atoms. The predicted octanol–water partition coefficient (Wildman–Crippen LogP) is 4.46. The number of hydrogen-bond donors (Lipinski definition) is 3. The second-order valence-corrected chi connectivity index (χ2v) is 12.0. The standard InChI is InChI=1S/C26H29N4O4P/c1-27-26(32)20-15-28-23(30-25(31)17-8-9-17)14-22(20)29-21-7-5-6-19(24(21)34-2)16-10-12-18(13-11-16)35(3,4)33/h5-7,10-15,17H,8-9H2,1-4H3,(H,27,32)(H2,28,29,30,31)/i1D3. The summed E-state index contributed by atoms with van der Waals surface area (Å²) in [6, 6.07) is 14.3. The monoisotopic (exact) mass is 495 g/mol. The number of pyridine rings is 1. The molecule has 3 aromatic rings. The van der Waals surface area contributed by atoms with Gasteiger partial charge in [-0.1, -0.05) is 36.4 Å². The number of rotatable bonds is 8. The number of benzene rings is 2. The van der Waals surface area contributed by atoms with Crippen molar-refractivity contribution in [2.45, 2.75) is 12.8 Å². The molecule has 8 nitrogen and oxygen atoms in total. The first-order chi connectivity index (χ1) is 17.9. The number of amides is 2. The van der Waals surface area contributed by atoms with Crippen LogP contribution in [0.15, 0.2) is 54.7 Å². The molecule has 0 bridgehead atoms. The molecule has 182 valence electrons. The van der Waals surface area contributed by atoms with E-state index < -0.39 is 20.0 Å². The molecule has 2 amide bonds. The van der Waals surface area contributed by atoms with Gasteiger partial charge in [-0.2, -0.15) is 0 Å². The summed E-state index contributed by atoms with van der Waals surface area (Å²) in [6.45, 7) is 0.726. The number of carbonyl (C=O) groups excluding carboxylic acids is 2. The van der Waals surface area contributed by atoms with Gasteiger partial charge < -0.3 is 25.3 Å². The van der Waals surface area contributed by atoms with Gasteiger partial charge in [0.2, 0.25) is 5.91 Å². The molecule has 1 aliphatic rings. The van der Waals surface area contributed by atoms with E-state index in [2.05, 4.69) is 15.6 Å². The minimum absolute atomic E-state index is 0.0241. The van der Waals surface area contributed by atoms with Crippen molar-refractivity contribution in [3.63, 3.8) is 0 Å². The molecule has 35 heavy (non-hydrogen) atoms. The van der Waals surface area contributed by atoms with E-state index >= 15 is 0 Å². The molecule has 0 atom stereocenters. The second kappa shape index (κ2) is 9.92. The highest BCUT2D eigenvalue weighted by Gasteiger charge is 2.30. The number of aromatic nitrogens is 1. The van der Waals surface area contributed by atoms with Crippen LogP contribution in [0.3, 0.4) is 0 Å². The number of hydrogen-bond acceptors (Lipinski definition) is 6. The summed E-state index contributed by atoms with van der Waals surface area (Å²) in [5.41, 5.74) is 2.28. The highest BCUT2D eigenvalue weighted by atomic mass is 31.2. The van der Waals surface area contributed by atoms with Crippen LogP contribution in [0.2, 0.25) is 0 Å². The number of nitrogens with zero attached hydrogens (tertiary/aromatic N) is 1. The zero-order valence-corrected chi connectivity index (χ0v) is 20.6. The molecule has 0 aliphatic heterocycles.